The summed E-state index contributed by atoms with van der Waals surface area (Å²) < 4.78 is 0. The predicted octanol–water partition coefficient (Wildman–Crippen LogP) is 1.78. The normalized spacial score (nSPS) is 22.9. The SMILES string of the molecule is C=CC[CH]C1C=CC=N1. The van der Waals surface area contributed by atoms with Gasteiger partial charge in [-0.25, -0.2) is 0 Å². The Labute approximate surface area is 55.8 Å². The minimum atomic E-state index is 0.308. The van der Waals surface area contributed by atoms with Gasteiger partial charge < -0.3 is 0 Å². The second-order valence-corrected chi connectivity index (χ2v) is 1.93. The molecule has 0 bridgehead atoms. The number of hydrogen-bond donors (Lipinski definition) is 0. The molecule has 0 fully saturated rings. The van der Waals surface area contributed by atoms with Crippen LogP contribution in [0.15, 0.2) is 29.8 Å². The monoisotopic (exact) mass is 120 g/mol. The van der Waals surface area contributed by atoms with Crippen molar-refractivity contribution in [2.24, 2.45) is 4.99 Å². The van der Waals surface area contributed by atoms with E-state index in [1.807, 2.05) is 18.4 Å². The Bertz CT molecular complexity index is 133. The molecule has 1 nitrogen and oxygen atoms in total. The van der Waals surface area contributed by atoms with Crippen molar-refractivity contribution in [1.29, 1.82) is 0 Å². The van der Waals surface area contributed by atoms with Gasteiger partial charge in [-0.05, 0) is 18.9 Å². The third-order valence-electron chi connectivity index (χ3n) is 1.20. The number of nitrogens with zero attached hydrogens (tertiary/aromatic N) is 1. The van der Waals surface area contributed by atoms with Gasteiger partial charge in [0.15, 0.2) is 0 Å². The first-order chi connectivity index (χ1) is 4.43. The van der Waals surface area contributed by atoms with E-state index >= 15 is 0 Å². The minimum Gasteiger partial charge on any atom is -0.285 e. The van der Waals surface area contributed by atoms with Crippen LogP contribution in [0.3, 0.4) is 0 Å². The van der Waals surface area contributed by atoms with Crippen LogP contribution in [0.2, 0.25) is 0 Å². The summed E-state index contributed by atoms with van der Waals surface area (Å²) in [7, 11) is 0. The fraction of sp³-hybridized carbons (Fsp3) is 0.250. The van der Waals surface area contributed by atoms with Crippen LogP contribution in [0.4, 0.5) is 0 Å². The molecule has 1 unspecified atom stereocenters. The Morgan fingerprint density at radius 3 is 3.11 bits per heavy atom. The van der Waals surface area contributed by atoms with Crippen molar-refractivity contribution in [3.8, 4) is 0 Å². The van der Waals surface area contributed by atoms with Crippen LogP contribution < -0.4 is 0 Å². The molecule has 0 aromatic heterocycles. The van der Waals surface area contributed by atoms with Crippen molar-refractivity contribution < 1.29 is 0 Å². The molecule has 1 rings (SSSR count). The lowest BCUT2D eigenvalue weighted by Crippen LogP contribution is -1.95. The summed E-state index contributed by atoms with van der Waals surface area (Å²) in [6, 6.07) is 0.308. The molecule has 1 heterocycles. The standard InChI is InChI=1S/C8H10N/c1-2-3-5-8-6-4-7-9-8/h2,4-8H,1,3H2. The Morgan fingerprint density at radius 1 is 1.67 bits per heavy atom. The summed E-state index contributed by atoms with van der Waals surface area (Å²) >= 11 is 0. The lowest BCUT2D eigenvalue weighted by atomic mass is 10.2. The van der Waals surface area contributed by atoms with Crippen LogP contribution in [-0.2, 0) is 0 Å². The van der Waals surface area contributed by atoms with E-state index in [0.29, 0.717) is 6.04 Å². The highest BCUT2D eigenvalue weighted by molar-refractivity contribution is 5.74. The van der Waals surface area contributed by atoms with Crippen molar-refractivity contribution >= 4 is 6.21 Å². The smallest absolute Gasteiger partial charge is 0.0718 e. The maximum absolute atomic E-state index is 4.13. The summed E-state index contributed by atoms with van der Waals surface area (Å²) in [5.41, 5.74) is 0. The van der Waals surface area contributed by atoms with Gasteiger partial charge in [0.1, 0.15) is 0 Å². The number of aliphatic imine (C=N–C) groups is 1. The van der Waals surface area contributed by atoms with E-state index in [-0.39, 0.29) is 0 Å². The van der Waals surface area contributed by atoms with E-state index in [0.717, 1.165) is 6.42 Å². The zero-order chi connectivity index (χ0) is 6.53. The van der Waals surface area contributed by atoms with E-state index in [9.17, 15) is 0 Å². The molecule has 0 amide bonds. The molecule has 1 radical (unpaired) electrons. The van der Waals surface area contributed by atoms with E-state index in [4.69, 9.17) is 0 Å². The van der Waals surface area contributed by atoms with Crippen molar-refractivity contribution in [3.63, 3.8) is 0 Å². The van der Waals surface area contributed by atoms with Crippen molar-refractivity contribution in [2.75, 3.05) is 0 Å². The average Bonchev–Trinajstić information content (AvgIpc) is 2.34. The van der Waals surface area contributed by atoms with Gasteiger partial charge in [-0.1, -0.05) is 12.2 Å². The number of hydrogen-bond acceptors (Lipinski definition) is 1. The van der Waals surface area contributed by atoms with Gasteiger partial charge in [0.25, 0.3) is 0 Å². The van der Waals surface area contributed by atoms with Gasteiger partial charge in [-0.15, -0.1) is 6.58 Å². The van der Waals surface area contributed by atoms with Gasteiger partial charge in [0, 0.05) is 6.21 Å². The third-order valence-corrected chi connectivity index (χ3v) is 1.20. The van der Waals surface area contributed by atoms with Crippen molar-refractivity contribution in [3.05, 3.63) is 31.2 Å². The largest absolute Gasteiger partial charge is 0.285 e. The topological polar surface area (TPSA) is 12.4 Å². The summed E-state index contributed by atoms with van der Waals surface area (Å²) in [4.78, 5) is 4.13. The van der Waals surface area contributed by atoms with Crippen LogP contribution in [0.1, 0.15) is 6.42 Å². The van der Waals surface area contributed by atoms with E-state index in [1.165, 1.54) is 0 Å². The summed E-state index contributed by atoms with van der Waals surface area (Å²) in [6.45, 7) is 3.61. The fourth-order valence-electron chi connectivity index (χ4n) is 0.737. The molecular formula is C8H10N. The first-order valence-corrected chi connectivity index (χ1v) is 3.07. The quantitative estimate of drug-likeness (QED) is 0.503. The molecule has 0 N–H and O–H groups in total. The molecule has 0 aliphatic carbocycles. The molecule has 0 aromatic rings. The van der Waals surface area contributed by atoms with E-state index in [1.54, 1.807) is 0 Å². The lowest BCUT2D eigenvalue weighted by Gasteiger charge is -1.98. The maximum atomic E-state index is 4.13. The molecule has 1 aliphatic rings. The molecule has 0 aromatic carbocycles. The Morgan fingerprint density at radius 2 is 2.56 bits per heavy atom. The molecule has 1 heteroatoms. The number of rotatable bonds is 3. The lowest BCUT2D eigenvalue weighted by molar-refractivity contribution is 0.925. The molecule has 0 spiro atoms. The average molecular weight is 120 g/mol. The minimum absolute atomic E-state index is 0.308. The third kappa shape index (κ3) is 1.84. The van der Waals surface area contributed by atoms with Crippen LogP contribution >= 0.6 is 0 Å². The zero-order valence-corrected chi connectivity index (χ0v) is 5.33. The van der Waals surface area contributed by atoms with Crippen molar-refractivity contribution in [1.82, 2.24) is 0 Å². The van der Waals surface area contributed by atoms with Gasteiger partial charge in [-0.2, -0.15) is 0 Å². The Kier molecular flexibility index (Phi) is 2.25. The molecular weight excluding hydrogens is 110 g/mol. The second kappa shape index (κ2) is 3.23. The highest BCUT2D eigenvalue weighted by Gasteiger charge is 2.01. The highest BCUT2D eigenvalue weighted by atomic mass is 14.8. The highest BCUT2D eigenvalue weighted by Crippen LogP contribution is 2.05. The van der Waals surface area contributed by atoms with Gasteiger partial charge in [0.2, 0.25) is 0 Å². The van der Waals surface area contributed by atoms with Gasteiger partial charge >= 0.3 is 0 Å². The Hall–Kier alpha value is -0.850. The van der Waals surface area contributed by atoms with Crippen LogP contribution in [0, 0.1) is 6.42 Å². The molecule has 0 saturated carbocycles. The van der Waals surface area contributed by atoms with Crippen LogP contribution in [-0.4, -0.2) is 12.3 Å². The first kappa shape index (κ1) is 6.27. The fourth-order valence-corrected chi connectivity index (χ4v) is 0.737. The molecule has 9 heavy (non-hydrogen) atoms. The van der Waals surface area contributed by atoms with Gasteiger partial charge in [-0.3, -0.25) is 4.99 Å². The van der Waals surface area contributed by atoms with Crippen molar-refractivity contribution in [2.45, 2.75) is 12.5 Å². The summed E-state index contributed by atoms with van der Waals surface area (Å²) in [6.07, 6.45) is 10.8. The molecule has 0 saturated heterocycles. The van der Waals surface area contributed by atoms with E-state index in [2.05, 4.69) is 24.1 Å². The summed E-state index contributed by atoms with van der Waals surface area (Å²) in [5, 5.41) is 0. The van der Waals surface area contributed by atoms with Crippen LogP contribution in [0.5, 0.6) is 0 Å². The maximum Gasteiger partial charge on any atom is 0.0718 e. The van der Waals surface area contributed by atoms with E-state index < -0.39 is 0 Å². The molecule has 1 aliphatic heterocycles. The van der Waals surface area contributed by atoms with Gasteiger partial charge in [0.05, 0.1) is 6.04 Å². The molecule has 47 valence electrons. The summed E-state index contributed by atoms with van der Waals surface area (Å²) in [5.74, 6) is 0. The number of allylic oxidation sites excluding steroid dienone is 2. The first-order valence-electron chi connectivity index (χ1n) is 3.07. The molecule has 1 atom stereocenters. The van der Waals surface area contributed by atoms with Crippen LogP contribution in [0.25, 0.3) is 0 Å². The Balaban J connectivity index is 2.20. The zero-order valence-electron chi connectivity index (χ0n) is 5.33. The second-order valence-electron chi connectivity index (χ2n) is 1.93. The predicted molar refractivity (Wildman–Crippen MR) is 40.5 cm³/mol.